The lowest BCUT2D eigenvalue weighted by molar-refractivity contribution is 0.0724. The second-order valence-corrected chi connectivity index (χ2v) is 7.52. The number of pyridine rings is 1. The number of para-hydroxylation sites is 1. The molecule has 0 saturated carbocycles. The van der Waals surface area contributed by atoms with Gasteiger partial charge in [0, 0.05) is 18.3 Å². The zero-order chi connectivity index (χ0) is 22.8. The minimum Gasteiger partial charge on any atom is -0.367 e. The summed E-state index contributed by atoms with van der Waals surface area (Å²) in [4.78, 5) is 49.7. The predicted octanol–water partition coefficient (Wildman–Crippen LogP) is 1.83. The Morgan fingerprint density at radius 3 is 2.55 bits per heavy atom. The summed E-state index contributed by atoms with van der Waals surface area (Å²) in [5.41, 5.74) is 1.25. The minimum atomic E-state index is -0.732. The van der Waals surface area contributed by atoms with Crippen molar-refractivity contribution in [3.05, 3.63) is 117 Å². The summed E-state index contributed by atoms with van der Waals surface area (Å²) < 4.78 is 1.73. The first kappa shape index (κ1) is 20.4. The quantitative estimate of drug-likeness (QED) is 0.469. The van der Waals surface area contributed by atoms with Gasteiger partial charge in [0.2, 0.25) is 0 Å². The molecule has 9 nitrogen and oxygen atoms in total. The fraction of sp³-hybridized carbons (Fsp3) is 0.125. The van der Waals surface area contributed by atoms with E-state index in [1.54, 1.807) is 53.6 Å². The first-order chi connectivity index (χ1) is 16.1. The minimum absolute atomic E-state index is 0.0963. The van der Waals surface area contributed by atoms with Crippen LogP contribution in [0.3, 0.4) is 0 Å². The maximum absolute atomic E-state index is 12.9. The molecule has 1 aliphatic heterocycles. The van der Waals surface area contributed by atoms with Gasteiger partial charge in [-0.3, -0.25) is 14.6 Å². The molecule has 0 N–H and O–H groups in total. The second-order valence-electron chi connectivity index (χ2n) is 7.52. The number of amides is 1. The van der Waals surface area contributed by atoms with E-state index in [0.29, 0.717) is 35.5 Å². The number of aromatic nitrogens is 4. The van der Waals surface area contributed by atoms with Crippen molar-refractivity contribution in [1.82, 2.24) is 24.4 Å². The molecule has 1 amide bonds. The van der Waals surface area contributed by atoms with Crippen LogP contribution in [0, 0.1) is 0 Å². The Hall–Kier alpha value is -4.53. The highest BCUT2D eigenvalue weighted by atomic mass is 16.7. The van der Waals surface area contributed by atoms with E-state index in [4.69, 9.17) is 4.84 Å². The predicted molar refractivity (Wildman–Crippen MR) is 119 cm³/mol. The lowest BCUT2D eigenvalue weighted by Gasteiger charge is -2.28. The van der Waals surface area contributed by atoms with Crippen molar-refractivity contribution < 1.29 is 9.63 Å². The van der Waals surface area contributed by atoms with Crippen LogP contribution in [-0.2, 0) is 13.0 Å². The zero-order valence-corrected chi connectivity index (χ0v) is 17.5. The van der Waals surface area contributed by atoms with Crippen molar-refractivity contribution in [1.29, 1.82) is 0 Å². The standard InChI is InChI=1S/C24H19N5O4/c30-22-15-26-28(19-7-2-1-3-8-19)24(32)29(22)33-20-9-10-21-17(14-20)11-13-27(23(21)31)16-18-6-4-5-12-25-18/h1-10,12,14-15H,11,13,16H2. The number of hydrogen-bond acceptors (Lipinski definition) is 6. The highest BCUT2D eigenvalue weighted by Crippen LogP contribution is 2.24. The molecule has 1 aliphatic rings. The van der Waals surface area contributed by atoms with E-state index in [2.05, 4.69) is 10.1 Å². The van der Waals surface area contributed by atoms with Crippen LogP contribution >= 0.6 is 0 Å². The van der Waals surface area contributed by atoms with Gasteiger partial charge in [0.1, 0.15) is 6.20 Å². The molecule has 0 spiro atoms. The Morgan fingerprint density at radius 1 is 0.939 bits per heavy atom. The monoisotopic (exact) mass is 441 g/mol. The molecule has 0 bridgehead atoms. The number of nitrogens with zero attached hydrogens (tertiary/aromatic N) is 5. The van der Waals surface area contributed by atoms with Gasteiger partial charge in [0.15, 0.2) is 5.75 Å². The van der Waals surface area contributed by atoms with Gasteiger partial charge in [-0.25, -0.2) is 4.79 Å². The van der Waals surface area contributed by atoms with Gasteiger partial charge in [-0.15, -0.1) is 0 Å². The Bertz CT molecular complexity index is 1430. The van der Waals surface area contributed by atoms with Gasteiger partial charge in [-0.2, -0.15) is 9.78 Å². The molecule has 0 radical (unpaired) electrons. The summed E-state index contributed by atoms with van der Waals surface area (Å²) in [5.74, 6) is 0.186. The normalized spacial score (nSPS) is 13.0. The fourth-order valence-electron chi connectivity index (χ4n) is 3.73. The van der Waals surface area contributed by atoms with Crippen LogP contribution in [0.5, 0.6) is 5.75 Å². The van der Waals surface area contributed by atoms with Crippen LogP contribution in [0.4, 0.5) is 0 Å². The van der Waals surface area contributed by atoms with Crippen molar-refractivity contribution >= 4 is 5.91 Å². The molecule has 9 heteroatoms. The molecule has 2 aromatic carbocycles. The van der Waals surface area contributed by atoms with Gasteiger partial charge >= 0.3 is 11.2 Å². The lowest BCUT2D eigenvalue weighted by atomic mass is 9.98. The smallest absolute Gasteiger partial charge is 0.367 e. The van der Waals surface area contributed by atoms with E-state index in [0.717, 1.165) is 22.1 Å². The SMILES string of the molecule is O=C1c2ccc(On3c(=O)cnn(-c4ccccc4)c3=O)cc2CCN1Cc1ccccn1. The maximum Gasteiger partial charge on any atom is 0.386 e. The highest BCUT2D eigenvalue weighted by molar-refractivity contribution is 5.96. The molecular weight excluding hydrogens is 422 g/mol. The van der Waals surface area contributed by atoms with Gasteiger partial charge in [-0.05, 0) is 54.4 Å². The molecule has 3 heterocycles. The van der Waals surface area contributed by atoms with Crippen molar-refractivity contribution in [3.63, 3.8) is 0 Å². The molecule has 164 valence electrons. The molecule has 0 fully saturated rings. The molecule has 0 atom stereocenters. The molecule has 2 aromatic heterocycles. The van der Waals surface area contributed by atoms with Crippen molar-refractivity contribution in [2.75, 3.05) is 6.54 Å². The number of hydrogen-bond donors (Lipinski definition) is 0. The molecule has 4 aromatic rings. The van der Waals surface area contributed by atoms with E-state index in [-0.39, 0.29) is 11.7 Å². The fourth-order valence-corrected chi connectivity index (χ4v) is 3.73. The summed E-state index contributed by atoms with van der Waals surface area (Å²) in [5, 5.41) is 3.91. The third-order valence-electron chi connectivity index (χ3n) is 5.36. The van der Waals surface area contributed by atoms with E-state index >= 15 is 0 Å². The van der Waals surface area contributed by atoms with Crippen molar-refractivity contribution in [3.8, 4) is 11.4 Å². The van der Waals surface area contributed by atoms with E-state index < -0.39 is 11.2 Å². The number of carbonyl (C=O) groups excluding carboxylic acids is 1. The van der Waals surface area contributed by atoms with E-state index in [9.17, 15) is 14.4 Å². The molecule has 0 saturated heterocycles. The Labute approximate surface area is 188 Å². The van der Waals surface area contributed by atoms with Crippen LogP contribution in [0.1, 0.15) is 21.6 Å². The molecule has 33 heavy (non-hydrogen) atoms. The average Bonchev–Trinajstić information content (AvgIpc) is 2.85. The zero-order valence-electron chi connectivity index (χ0n) is 17.5. The Morgan fingerprint density at radius 2 is 1.76 bits per heavy atom. The Balaban J connectivity index is 1.41. The van der Waals surface area contributed by atoms with E-state index in [1.807, 2.05) is 24.3 Å². The first-order valence-electron chi connectivity index (χ1n) is 10.4. The molecular formula is C24H19N5O4. The lowest BCUT2D eigenvalue weighted by Crippen LogP contribution is -2.42. The first-order valence-corrected chi connectivity index (χ1v) is 10.4. The molecule has 0 unspecified atom stereocenters. The topological polar surface area (TPSA) is 99.3 Å². The van der Waals surface area contributed by atoms with Crippen molar-refractivity contribution in [2.24, 2.45) is 0 Å². The summed E-state index contributed by atoms with van der Waals surface area (Å²) in [6.45, 7) is 0.963. The summed E-state index contributed by atoms with van der Waals surface area (Å²) in [6, 6.07) is 19.2. The van der Waals surface area contributed by atoms with Crippen LogP contribution < -0.4 is 16.1 Å². The van der Waals surface area contributed by atoms with Crippen molar-refractivity contribution in [2.45, 2.75) is 13.0 Å². The van der Waals surface area contributed by atoms with Gasteiger partial charge in [-0.1, -0.05) is 29.0 Å². The largest absolute Gasteiger partial charge is 0.386 e. The number of carbonyl (C=O) groups is 1. The summed E-state index contributed by atoms with van der Waals surface area (Å²) in [7, 11) is 0. The summed E-state index contributed by atoms with van der Waals surface area (Å²) in [6.07, 6.45) is 3.34. The third kappa shape index (κ3) is 4.03. The van der Waals surface area contributed by atoms with Crippen LogP contribution in [0.15, 0.2) is 88.7 Å². The summed E-state index contributed by atoms with van der Waals surface area (Å²) >= 11 is 0. The van der Waals surface area contributed by atoms with Crippen LogP contribution in [0.25, 0.3) is 5.69 Å². The Kier molecular flexibility index (Phi) is 5.27. The van der Waals surface area contributed by atoms with E-state index in [1.165, 1.54) is 0 Å². The number of fused-ring (bicyclic) bond motifs is 1. The van der Waals surface area contributed by atoms with Crippen LogP contribution in [-0.4, -0.2) is 36.8 Å². The third-order valence-corrected chi connectivity index (χ3v) is 5.36. The molecule has 5 rings (SSSR count). The number of benzene rings is 2. The molecule has 0 aliphatic carbocycles. The van der Waals surface area contributed by atoms with Crippen LogP contribution in [0.2, 0.25) is 0 Å². The highest BCUT2D eigenvalue weighted by Gasteiger charge is 2.25. The number of rotatable bonds is 5. The average molecular weight is 441 g/mol. The second kappa shape index (κ2) is 8.54. The maximum atomic E-state index is 12.9. The van der Waals surface area contributed by atoms with Gasteiger partial charge in [0.05, 0.1) is 17.9 Å². The van der Waals surface area contributed by atoms with Gasteiger partial charge < -0.3 is 9.74 Å². The van der Waals surface area contributed by atoms with Gasteiger partial charge in [0.25, 0.3) is 5.91 Å².